The molecule has 0 saturated heterocycles. The first kappa shape index (κ1) is 27.8. The topological polar surface area (TPSA) is 83.8 Å². The molecule has 2 aromatic carbocycles. The maximum Gasteiger partial charge on any atom is 0.316 e. The number of carbonyl (C=O) groups is 2. The van der Waals surface area contributed by atoms with Gasteiger partial charge in [0, 0.05) is 12.3 Å². The minimum absolute atomic E-state index is 0.0653. The molecule has 0 aliphatic heterocycles. The van der Waals surface area contributed by atoms with Gasteiger partial charge in [0.25, 0.3) is 0 Å². The number of ether oxygens (including phenoxy) is 1. The van der Waals surface area contributed by atoms with E-state index in [2.05, 4.69) is 24.3 Å². The highest BCUT2D eigenvalue weighted by Crippen LogP contribution is 2.34. The molecule has 0 amide bonds. The first-order valence-corrected chi connectivity index (χ1v) is 14.5. The fourth-order valence-electron chi connectivity index (χ4n) is 4.30. The quantitative estimate of drug-likeness (QED) is 0.224. The van der Waals surface area contributed by atoms with Gasteiger partial charge in [-0.3, -0.25) is 9.59 Å². The van der Waals surface area contributed by atoms with Gasteiger partial charge in [0.2, 0.25) is 0 Å². The first-order chi connectivity index (χ1) is 16.8. The molecule has 0 bridgehead atoms. The zero-order valence-electron chi connectivity index (χ0n) is 20.5. The molecule has 0 aromatic heterocycles. The lowest BCUT2D eigenvalue weighted by atomic mass is 9.98. The van der Waals surface area contributed by atoms with E-state index in [0.717, 1.165) is 24.3 Å². The second-order valence-electron chi connectivity index (χ2n) is 9.18. The summed E-state index contributed by atoms with van der Waals surface area (Å²) in [5.41, 5.74) is 1.20. The largest absolute Gasteiger partial charge is 0.462 e. The lowest BCUT2D eigenvalue weighted by Gasteiger charge is -2.18. The van der Waals surface area contributed by atoms with Crippen LogP contribution in [0, 0.1) is 5.92 Å². The summed E-state index contributed by atoms with van der Waals surface area (Å²) in [6.07, 6.45) is 4.49. The van der Waals surface area contributed by atoms with Crippen molar-refractivity contribution in [3.63, 3.8) is 0 Å². The van der Waals surface area contributed by atoms with Crippen molar-refractivity contribution in [2.75, 3.05) is 17.3 Å². The maximum absolute atomic E-state index is 12.4. The Balaban J connectivity index is 1.44. The third kappa shape index (κ3) is 8.67. The van der Waals surface area contributed by atoms with Gasteiger partial charge in [-0.15, -0.1) is 11.8 Å². The number of aliphatic hydroxyl groups excluding tert-OH is 2. The summed E-state index contributed by atoms with van der Waals surface area (Å²) in [5.74, 6) is 1.52. The van der Waals surface area contributed by atoms with E-state index in [1.165, 1.54) is 28.1 Å². The molecule has 4 atom stereocenters. The molecule has 1 aliphatic rings. The van der Waals surface area contributed by atoms with E-state index in [-0.39, 0.29) is 35.4 Å². The van der Waals surface area contributed by atoms with Crippen molar-refractivity contribution < 1.29 is 24.5 Å². The normalized spacial score (nSPS) is 21.3. The fourth-order valence-corrected chi connectivity index (χ4v) is 6.55. The predicted molar refractivity (Wildman–Crippen MR) is 146 cm³/mol. The molecule has 1 aliphatic carbocycles. The van der Waals surface area contributed by atoms with Gasteiger partial charge >= 0.3 is 5.97 Å². The number of Topliss-reactive ketones (excluding diaryl/α,β-unsaturated/α-hetero) is 1. The molecule has 0 radical (unpaired) electrons. The molecular weight excluding hydrogens is 480 g/mol. The summed E-state index contributed by atoms with van der Waals surface area (Å²) < 4.78 is 5.12. The minimum Gasteiger partial charge on any atom is -0.462 e. The van der Waals surface area contributed by atoms with E-state index in [4.69, 9.17) is 4.74 Å². The lowest BCUT2D eigenvalue weighted by molar-refractivity contribution is -0.144. The Morgan fingerprint density at radius 3 is 2.74 bits per heavy atom. The number of esters is 1. The van der Waals surface area contributed by atoms with E-state index in [9.17, 15) is 19.8 Å². The van der Waals surface area contributed by atoms with Crippen molar-refractivity contribution in [2.24, 2.45) is 5.92 Å². The van der Waals surface area contributed by atoms with E-state index in [0.29, 0.717) is 12.2 Å². The minimum atomic E-state index is -0.707. The number of hydrogen-bond acceptors (Lipinski definition) is 7. The average Bonchev–Trinajstić information content (AvgIpc) is 3.09. The lowest BCUT2D eigenvalue weighted by Crippen LogP contribution is -2.22. The molecule has 0 spiro atoms. The molecule has 0 heterocycles. The highest BCUT2D eigenvalue weighted by atomic mass is 32.2. The molecule has 1 fully saturated rings. The van der Waals surface area contributed by atoms with E-state index in [1.807, 2.05) is 38.1 Å². The Bertz CT molecular complexity index is 1000. The summed E-state index contributed by atoms with van der Waals surface area (Å²) >= 11 is 3.10. The number of aliphatic hydroxyl groups is 2. The van der Waals surface area contributed by atoms with Crippen LogP contribution in [-0.4, -0.2) is 62.8 Å². The van der Waals surface area contributed by atoms with Gasteiger partial charge in [0.15, 0.2) is 0 Å². The average molecular weight is 517 g/mol. The number of ketones is 1. The summed E-state index contributed by atoms with van der Waals surface area (Å²) in [6.45, 7) is 3.67. The maximum atomic E-state index is 12.4. The van der Waals surface area contributed by atoms with Crippen LogP contribution in [0.4, 0.5) is 0 Å². The third-order valence-corrected chi connectivity index (χ3v) is 8.46. The van der Waals surface area contributed by atoms with Gasteiger partial charge in [0.05, 0.1) is 29.3 Å². The van der Waals surface area contributed by atoms with Gasteiger partial charge in [0.1, 0.15) is 5.78 Å². The van der Waals surface area contributed by atoms with Crippen LogP contribution in [-0.2, 0) is 20.7 Å². The van der Waals surface area contributed by atoms with Gasteiger partial charge in [-0.2, -0.15) is 11.8 Å². The van der Waals surface area contributed by atoms with Crippen LogP contribution < -0.4 is 0 Å². The summed E-state index contributed by atoms with van der Waals surface area (Å²) in [6, 6.07) is 14.5. The van der Waals surface area contributed by atoms with Crippen molar-refractivity contribution in [1.82, 2.24) is 0 Å². The van der Waals surface area contributed by atoms with Crippen LogP contribution in [0.1, 0.15) is 38.7 Å². The fraction of sp³-hybridized carbons (Fsp3) is 0.500. The van der Waals surface area contributed by atoms with Gasteiger partial charge in [-0.1, -0.05) is 54.6 Å². The second kappa shape index (κ2) is 14.1. The Labute approximate surface area is 216 Å². The number of rotatable bonds is 13. The zero-order valence-corrected chi connectivity index (χ0v) is 22.1. The summed E-state index contributed by atoms with van der Waals surface area (Å²) in [7, 11) is 0. The van der Waals surface area contributed by atoms with Crippen molar-refractivity contribution in [3.05, 3.63) is 60.2 Å². The predicted octanol–water partition coefficient (Wildman–Crippen LogP) is 4.82. The Hall–Kier alpha value is -1.80. The number of thioether (sulfide) groups is 2. The molecule has 7 heteroatoms. The summed E-state index contributed by atoms with van der Waals surface area (Å²) in [5, 5.41) is 23.1. The molecule has 2 N–H and O–H groups in total. The van der Waals surface area contributed by atoms with Crippen LogP contribution in [0.25, 0.3) is 10.8 Å². The number of hydrogen-bond donors (Lipinski definition) is 2. The SMILES string of the molecule is CC(C)OC(=O)CSCCCS[C@H]1C(=O)C[C@@H](O)[C@@H]1C=C[C@@H](O)CCc1cccc2ccccc12. The first-order valence-electron chi connectivity index (χ1n) is 12.3. The highest BCUT2D eigenvalue weighted by Gasteiger charge is 2.40. The molecule has 2 aromatic rings. The van der Waals surface area contributed by atoms with Crippen LogP contribution in [0.5, 0.6) is 0 Å². The molecule has 35 heavy (non-hydrogen) atoms. The zero-order chi connectivity index (χ0) is 25.2. The molecule has 5 nitrogen and oxygen atoms in total. The highest BCUT2D eigenvalue weighted by molar-refractivity contribution is 8.01. The van der Waals surface area contributed by atoms with E-state index in [1.54, 1.807) is 17.8 Å². The monoisotopic (exact) mass is 516 g/mol. The number of benzene rings is 2. The molecule has 1 saturated carbocycles. The third-order valence-electron chi connectivity index (χ3n) is 5.98. The number of fused-ring (bicyclic) bond motifs is 1. The van der Waals surface area contributed by atoms with E-state index >= 15 is 0 Å². The van der Waals surface area contributed by atoms with Crippen LogP contribution >= 0.6 is 23.5 Å². The van der Waals surface area contributed by atoms with Crippen LogP contribution in [0.2, 0.25) is 0 Å². The standard InChI is InChI=1S/C28H36O5S2/c1-19(2)33-27(32)18-34-15-6-16-35-28-24(25(30)17-26(28)31)14-13-22(29)12-11-21-9-5-8-20-7-3-4-10-23(20)21/h3-5,7-10,13-14,19,22,24-25,28-30H,6,11-12,15-18H2,1-2H3/t22-,24-,25+,28+/m0/s1. The molecule has 3 rings (SSSR count). The van der Waals surface area contributed by atoms with Gasteiger partial charge < -0.3 is 14.9 Å². The van der Waals surface area contributed by atoms with Gasteiger partial charge in [-0.05, 0) is 61.0 Å². The smallest absolute Gasteiger partial charge is 0.316 e. The van der Waals surface area contributed by atoms with Crippen LogP contribution in [0.15, 0.2) is 54.6 Å². The number of carbonyl (C=O) groups excluding carboxylic acids is 2. The number of aryl methyl sites for hydroxylation is 1. The van der Waals surface area contributed by atoms with Crippen molar-refractivity contribution in [1.29, 1.82) is 0 Å². The Kier molecular flexibility index (Phi) is 11.2. The Morgan fingerprint density at radius 2 is 1.94 bits per heavy atom. The molecule has 190 valence electrons. The molecule has 0 unspecified atom stereocenters. The van der Waals surface area contributed by atoms with Crippen molar-refractivity contribution >= 4 is 46.0 Å². The van der Waals surface area contributed by atoms with Crippen LogP contribution in [0.3, 0.4) is 0 Å². The molecular formula is C28H36O5S2. The van der Waals surface area contributed by atoms with Crippen molar-refractivity contribution in [3.8, 4) is 0 Å². The summed E-state index contributed by atoms with van der Waals surface area (Å²) in [4.78, 5) is 24.0. The van der Waals surface area contributed by atoms with E-state index < -0.39 is 12.2 Å². The Morgan fingerprint density at radius 1 is 1.17 bits per heavy atom. The van der Waals surface area contributed by atoms with Gasteiger partial charge in [-0.25, -0.2) is 0 Å². The second-order valence-corrected chi connectivity index (χ2v) is 11.5. The van der Waals surface area contributed by atoms with Crippen molar-refractivity contribution in [2.45, 2.75) is 63.1 Å².